The van der Waals surface area contributed by atoms with E-state index in [0.29, 0.717) is 12.2 Å². The van der Waals surface area contributed by atoms with Crippen molar-refractivity contribution in [3.63, 3.8) is 0 Å². The predicted molar refractivity (Wildman–Crippen MR) is 108 cm³/mol. The van der Waals surface area contributed by atoms with E-state index >= 15 is 0 Å². The Labute approximate surface area is 158 Å². The summed E-state index contributed by atoms with van der Waals surface area (Å²) in [6.07, 6.45) is 8.92. The van der Waals surface area contributed by atoms with Crippen LogP contribution in [0.2, 0.25) is 0 Å². The van der Waals surface area contributed by atoms with Crippen LogP contribution in [0.4, 0.5) is 5.69 Å². The van der Waals surface area contributed by atoms with Gasteiger partial charge < -0.3 is 4.90 Å². The van der Waals surface area contributed by atoms with E-state index < -0.39 is 9.84 Å². The Morgan fingerprint density at radius 3 is 2.27 bits per heavy atom. The first kappa shape index (κ1) is 20.9. The van der Waals surface area contributed by atoms with E-state index in [1.54, 1.807) is 13.8 Å². The van der Waals surface area contributed by atoms with Gasteiger partial charge in [-0.1, -0.05) is 31.4 Å². The Morgan fingerprint density at radius 2 is 1.62 bits per heavy atom. The first-order valence-electron chi connectivity index (χ1n) is 10.0. The maximum atomic E-state index is 12.0. The molecule has 2 rings (SSSR count). The van der Waals surface area contributed by atoms with Gasteiger partial charge in [0.1, 0.15) is 0 Å². The van der Waals surface area contributed by atoms with E-state index in [9.17, 15) is 13.2 Å². The van der Waals surface area contributed by atoms with Gasteiger partial charge in [-0.05, 0) is 63.6 Å². The molecule has 0 saturated carbocycles. The lowest BCUT2D eigenvalue weighted by molar-refractivity contribution is -0.119. The predicted octanol–water partition coefficient (Wildman–Crippen LogP) is 4.52. The van der Waals surface area contributed by atoms with Crippen LogP contribution in [0, 0.1) is 0 Å². The normalized spacial score (nSPS) is 15.7. The standard InChI is InChI=1S/C21H33NO3S/c1-18(2)26(24,25)17-9-5-3-4-6-10-19-12-14-20(15-13-19)22-16-8-7-11-21(22)23/h12-15,18H,3-11,16-17H2,1-2H3. The number of rotatable bonds is 10. The van der Waals surface area contributed by atoms with Crippen molar-refractivity contribution in [2.45, 2.75) is 76.9 Å². The van der Waals surface area contributed by atoms with E-state index in [1.807, 2.05) is 4.90 Å². The molecule has 1 heterocycles. The second-order valence-corrected chi connectivity index (χ2v) is 10.3. The summed E-state index contributed by atoms with van der Waals surface area (Å²) in [5.41, 5.74) is 2.32. The van der Waals surface area contributed by atoms with Crippen molar-refractivity contribution >= 4 is 21.4 Å². The summed E-state index contributed by atoms with van der Waals surface area (Å²) in [5.74, 6) is 0.560. The summed E-state index contributed by atoms with van der Waals surface area (Å²) in [5, 5.41) is -0.259. The summed E-state index contributed by atoms with van der Waals surface area (Å²) in [4.78, 5) is 13.9. The number of amides is 1. The number of carbonyl (C=O) groups excluding carboxylic acids is 1. The SMILES string of the molecule is CC(C)S(=O)(=O)CCCCCCCc1ccc(N2CCCCC2=O)cc1. The fraction of sp³-hybridized carbons (Fsp3) is 0.667. The Balaban J connectivity index is 1.63. The molecule has 0 unspecified atom stereocenters. The lowest BCUT2D eigenvalue weighted by Crippen LogP contribution is -2.35. The number of hydrogen-bond donors (Lipinski definition) is 0. The van der Waals surface area contributed by atoms with Crippen molar-refractivity contribution in [2.24, 2.45) is 0 Å². The molecule has 1 aliphatic heterocycles. The fourth-order valence-corrected chi connectivity index (χ4v) is 4.40. The highest BCUT2D eigenvalue weighted by molar-refractivity contribution is 7.91. The molecule has 1 amide bonds. The van der Waals surface area contributed by atoms with Gasteiger partial charge in [-0.25, -0.2) is 8.42 Å². The van der Waals surface area contributed by atoms with Crippen LogP contribution in [0.5, 0.6) is 0 Å². The number of benzene rings is 1. The zero-order valence-electron chi connectivity index (χ0n) is 16.2. The third-order valence-corrected chi connectivity index (χ3v) is 7.48. The van der Waals surface area contributed by atoms with Crippen LogP contribution in [-0.4, -0.2) is 31.9 Å². The molecule has 146 valence electrons. The first-order chi connectivity index (χ1) is 12.4. The highest BCUT2D eigenvalue weighted by atomic mass is 32.2. The minimum Gasteiger partial charge on any atom is -0.312 e. The molecule has 26 heavy (non-hydrogen) atoms. The maximum Gasteiger partial charge on any atom is 0.226 e. The number of sulfone groups is 1. The largest absolute Gasteiger partial charge is 0.312 e. The summed E-state index contributed by atoms with van der Waals surface area (Å²) >= 11 is 0. The van der Waals surface area contributed by atoms with Gasteiger partial charge in [-0.2, -0.15) is 0 Å². The smallest absolute Gasteiger partial charge is 0.226 e. The molecule has 0 atom stereocenters. The van der Waals surface area contributed by atoms with Crippen LogP contribution in [0.25, 0.3) is 0 Å². The van der Waals surface area contributed by atoms with Gasteiger partial charge in [0.15, 0.2) is 9.84 Å². The number of carbonyl (C=O) groups is 1. The van der Waals surface area contributed by atoms with E-state index in [1.165, 1.54) is 5.56 Å². The van der Waals surface area contributed by atoms with Crippen LogP contribution >= 0.6 is 0 Å². The average molecular weight is 380 g/mol. The summed E-state index contributed by atoms with van der Waals surface area (Å²) in [6, 6.07) is 8.39. The molecule has 1 aromatic carbocycles. The number of piperidine rings is 1. The van der Waals surface area contributed by atoms with Crippen LogP contribution < -0.4 is 4.90 Å². The van der Waals surface area contributed by atoms with Gasteiger partial charge in [0, 0.05) is 18.7 Å². The molecular formula is C21H33NO3S. The zero-order valence-corrected chi connectivity index (χ0v) is 17.1. The van der Waals surface area contributed by atoms with Gasteiger partial charge in [-0.3, -0.25) is 4.79 Å². The summed E-state index contributed by atoms with van der Waals surface area (Å²) in [7, 11) is -2.88. The quantitative estimate of drug-likeness (QED) is 0.562. The molecule has 4 nitrogen and oxygen atoms in total. The summed E-state index contributed by atoms with van der Waals surface area (Å²) in [6.45, 7) is 4.34. The zero-order chi connectivity index (χ0) is 19.0. The number of hydrogen-bond acceptors (Lipinski definition) is 3. The van der Waals surface area contributed by atoms with Gasteiger partial charge in [0.05, 0.1) is 11.0 Å². The maximum absolute atomic E-state index is 12.0. The third-order valence-electron chi connectivity index (χ3n) is 5.18. The molecule has 0 N–H and O–H groups in total. The van der Waals surface area contributed by atoms with Crippen molar-refractivity contribution < 1.29 is 13.2 Å². The van der Waals surface area contributed by atoms with Gasteiger partial charge >= 0.3 is 0 Å². The molecule has 0 aliphatic carbocycles. The molecule has 1 aliphatic rings. The topological polar surface area (TPSA) is 54.5 Å². The number of unbranched alkanes of at least 4 members (excludes halogenated alkanes) is 4. The Kier molecular flexibility index (Phi) is 8.14. The monoisotopic (exact) mass is 379 g/mol. The van der Waals surface area contributed by atoms with Crippen molar-refractivity contribution in [1.82, 2.24) is 0 Å². The molecule has 1 aromatic rings. The number of nitrogens with zero attached hydrogens (tertiary/aromatic N) is 1. The Hall–Kier alpha value is -1.36. The van der Waals surface area contributed by atoms with Crippen LogP contribution in [-0.2, 0) is 21.1 Å². The van der Waals surface area contributed by atoms with Gasteiger partial charge in [0.25, 0.3) is 0 Å². The lowest BCUT2D eigenvalue weighted by Gasteiger charge is -2.26. The molecule has 0 bridgehead atoms. The second kappa shape index (κ2) is 10.1. The Morgan fingerprint density at radius 1 is 0.962 bits per heavy atom. The molecule has 5 heteroatoms. The average Bonchev–Trinajstić information content (AvgIpc) is 2.62. The van der Waals surface area contributed by atoms with E-state index in [4.69, 9.17) is 0 Å². The minimum absolute atomic E-state index is 0.239. The van der Waals surface area contributed by atoms with Crippen molar-refractivity contribution in [3.05, 3.63) is 29.8 Å². The van der Waals surface area contributed by atoms with Gasteiger partial charge in [-0.15, -0.1) is 0 Å². The molecule has 0 aromatic heterocycles. The number of anilines is 1. The molecule has 0 radical (unpaired) electrons. The third kappa shape index (κ3) is 6.42. The van der Waals surface area contributed by atoms with E-state index in [0.717, 1.165) is 63.6 Å². The van der Waals surface area contributed by atoms with Gasteiger partial charge in [0.2, 0.25) is 5.91 Å². The first-order valence-corrected chi connectivity index (χ1v) is 11.7. The van der Waals surface area contributed by atoms with Crippen LogP contribution in [0.1, 0.15) is 70.8 Å². The minimum atomic E-state index is -2.88. The van der Waals surface area contributed by atoms with E-state index in [-0.39, 0.29) is 11.2 Å². The lowest BCUT2D eigenvalue weighted by atomic mass is 10.0. The molecule has 1 fully saturated rings. The number of aryl methyl sites for hydroxylation is 1. The molecular weight excluding hydrogens is 346 g/mol. The van der Waals surface area contributed by atoms with Crippen LogP contribution in [0.15, 0.2) is 24.3 Å². The van der Waals surface area contributed by atoms with Crippen LogP contribution in [0.3, 0.4) is 0 Å². The van der Waals surface area contributed by atoms with E-state index in [2.05, 4.69) is 24.3 Å². The van der Waals surface area contributed by atoms with Crippen molar-refractivity contribution in [3.8, 4) is 0 Å². The highest BCUT2D eigenvalue weighted by Crippen LogP contribution is 2.22. The summed E-state index contributed by atoms with van der Waals surface area (Å²) < 4.78 is 23.5. The fourth-order valence-electron chi connectivity index (χ4n) is 3.32. The second-order valence-electron chi connectivity index (χ2n) is 7.60. The molecule has 0 spiro atoms. The van der Waals surface area contributed by atoms with Crippen molar-refractivity contribution in [1.29, 1.82) is 0 Å². The Bertz CT molecular complexity index is 665. The highest BCUT2D eigenvalue weighted by Gasteiger charge is 2.19. The van der Waals surface area contributed by atoms with Crippen molar-refractivity contribution in [2.75, 3.05) is 17.2 Å². The molecule has 1 saturated heterocycles.